The highest BCUT2D eigenvalue weighted by atomic mass is 35.5. The van der Waals surface area contributed by atoms with Crippen LogP contribution in [0.1, 0.15) is 23.6 Å². The highest BCUT2D eigenvalue weighted by Gasteiger charge is 2.31. The Balaban J connectivity index is 0.00000289. The predicted molar refractivity (Wildman–Crippen MR) is 61.3 cm³/mol. The third kappa shape index (κ3) is 4.96. The van der Waals surface area contributed by atoms with E-state index in [4.69, 9.17) is 17.3 Å². The van der Waals surface area contributed by atoms with Crippen molar-refractivity contribution in [2.45, 2.75) is 25.1 Å². The van der Waals surface area contributed by atoms with Crippen molar-refractivity contribution >= 4 is 24.0 Å². The number of benzene rings is 1. The SMILES string of the molecule is Cl.N[C@H](CC(F)F)c1cc(Cl)cc(C(F)(F)F)c1. The van der Waals surface area contributed by atoms with E-state index in [0.717, 1.165) is 18.2 Å². The van der Waals surface area contributed by atoms with Gasteiger partial charge in [0.2, 0.25) is 6.43 Å². The van der Waals surface area contributed by atoms with Gasteiger partial charge in [0.25, 0.3) is 0 Å². The van der Waals surface area contributed by atoms with E-state index in [1.54, 1.807) is 0 Å². The minimum absolute atomic E-state index is 0. The van der Waals surface area contributed by atoms with Gasteiger partial charge in [-0.2, -0.15) is 13.2 Å². The lowest BCUT2D eigenvalue weighted by molar-refractivity contribution is -0.137. The summed E-state index contributed by atoms with van der Waals surface area (Å²) in [5.41, 5.74) is 4.32. The molecule has 0 saturated heterocycles. The van der Waals surface area contributed by atoms with Crippen molar-refractivity contribution in [1.82, 2.24) is 0 Å². The van der Waals surface area contributed by atoms with E-state index in [1.165, 1.54) is 0 Å². The smallest absolute Gasteiger partial charge is 0.324 e. The third-order valence-corrected chi connectivity index (χ3v) is 2.33. The molecule has 2 N–H and O–H groups in total. The van der Waals surface area contributed by atoms with Gasteiger partial charge in [-0.25, -0.2) is 8.78 Å². The first-order valence-electron chi connectivity index (χ1n) is 4.61. The average Bonchev–Trinajstić information content (AvgIpc) is 2.14. The molecule has 1 aromatic carbocycles. The molecule has 1 rings (SSSR count). The molecule has 1 aromatic rings. The molecule has 0 saturated carbocycles. The fourth-order valence-corrected chi connectivity index (χ4v) is 1.56. The molecule has 0 aliphatic carbocycles. The van der Waals surface area contributed by atoms with Crippen LogP contribution in [0.4, 0.5) is 22.0 Å². The maximum Gasteiger partial charge on any atom is 0.416 e. The van der Waals surface area contributed by atoms with Crippen LogP contribution in [0.2, 0.25) is 5.02 Å². The Morgan fingerprint density at radius 1 is 1.17 bits per heavy atom. The maximum absolute atomic E-state index is 12.4. The Hall–Kier alpha value is -0.590. The lowest BCUT2D eigenvalue weighted by atomic mass is 10.0. The zero-order valence-electron chi connectivity index (χ0n) is 8.85. The summed E-state index contributed by atoms with van der Waals surface area (Å²) in [7, 11) is 0. The third-order valence-electron chi connectivity index (χ3n) is 2.11. The molecular formula is C10H10Cl2F5N. The number of halogens is 7. The molecule has 0 amide bonds. The second kappa shape index (κ2) is 6.54. The van der Waals surface area contributed by atoms with Crippen LogP contribution < -0.4 is 5.73 Å². The topological polar surface area (TPSA) is 26.0 Å². The first kappa shape index (κ1) is 17.4. The Morgan fingerprint density at radius 2 is 1.72 bits per heavy atom. The number of nitrogens with two attached hydrogens (primary N) is 1. The monoisotopic (exact) mass is 309 g/mol. The quantitative estimate of drug-likeness (QED) is 0.821. The van der Waals surface area contributed by atoms with E-state index in [9.17, 15) is 22.0 Å². The number of hydrogen-bond acceptors (Lipinski definition) is 1. The molecule has 0 unspecified atom stereocenters. The van der Waals surface area contributed by atoms with Crippen molar-refractivity contribution in [2.24, 2.45) is 5.73 Å². The highest BCUT2D eigenvalue weighted by Crippen LogP contribution is 2.33. The first-order valence-corrected chi connectivity index (χ1v) is 4.99. The fourth-order valence-electron chi connectivity index (χ4n) is 1.32. The van der Waals surface area contributed by atoms with Crippen LogP contribution in [0.25, 0.3) is 0 Å². The van der Waals surface area contributed by atoms with E-state index in [1.807, 2.05) is 0 Å². The van der Waals surface area contributed by atoms with Crippen LogP contribution in [0.5, 0.6) is 0 Å². The van der Waals surface area contributed by atoms with Gasteiger partial charge in [0.1, 0.15) is 0 Å². The Bertz CT molecular complexity index is 394. The van der Waals surface area contributed by atoms with Crippen LogP contribution in [-0.4, -0.2) is 6.43 Å². The molecule has 1 nitrogen and oxygen atoms in total. The zero-order valence-corrected chi connectivity index (χ0v) is 10.4. The summed E-state index contributed by atoms with van der Waals surface area (Å²) in [6, 6.07) is 1.44. The molecule has 0 fully saturated rings. The van der Waals surface area contributed by atoms with Gasteiger partial charge < -0.3 is 5.73 Å². The van der Waals surface area contributed by atoms with Gasteiger partial charge in [-0.05, 0) is 23.8 Å². The predicted octanol–water partition coefficient (Wildman–Crippen LogP) is 4.44. The highest BCUT2D eigenvalue weighted by molar-refractivity contribution is 6.30. The van der Waals surface area contributed by atoms with Crippen LogP contribution in [0, 0.1) is 0 Å². The molecule has 1 atom stereocenters. The number of alkyl halides is 5. The standard InChI is InChI=1S/C10H9ClF5N.ClH/c11-7-2-5(8(17)4-9(12)13)1-6(3-7)10(14,15)16;/h1-3,8-9H,4,17H2;1H/t8-;/m1./s1. The maximum atomic E-state index is 12.4. The van der Waals surface area contributed by atoms with Gasteiger partial charge >= 0.3 is 6.18 Å². The minimum Gasteiger partial charge on any atom is -0.324 e. The molecule has 104 valence electrons. The van der Waals surface area contributed by atoms with E-state index >= 15 is 0 Å². The van der Waals surface area contributed by atoms with Crippen molar-refractivity contribution in [3.8, 4) is 0 Å². The van der Waals surface area contributed by atoms with Crippen molar-refractivity contribution in [3.05, 3.63) is 34.3 Å². The Morgan fingerprint density at radius 3 is 2.17 bits per heavy atom. The van der Waals surface area contributed by atoms with Gasteiger partial charge in [-0.15, -0.1) is 12.4 Å². The van der Waals surface area contributed by atoms with Crippen molar-refractivity contribution < 1.29 is 22.0 Å². The number of hydrogen-bond donors (Lipinski definition) is 1. The molecule has 0 aliphatic rings. The zero-order chi connectivity index (χ0) is 13.2. The molecule has 0 radical (unpaired) electrons. The van der Waals surface area contributed by atoms with Crippen LogP contribution >= 0.6 is 24.0 Å². The molecule has 0 heterocycles. The van der Waals surface area contributed by atoms with E-state index in [0.29, 0.717) is 0 Å². The summed E-state index contributed by atoms with van der Waals surface area (Å²) < 4.78 is 61.4. The van der Waals surface area contributed by atoms with Gasteiger partial charge in [-0.1, -0.05) is 11.6 Å². The van der Waals surface area contributed by atoms with E-state index in [-0.39, 0.29) is 23.0 Å². The fraction of sp³-hybridized carbons (Fsp3) is 0.400. The Kier molecular flexibility index (Phi) is 6.33. The summed E-state index contributed by atoms with van der Waals surface area (Å²) in [5.74, 6) is 0. The van der Waals surface area contributed by atoms with Gasteiger partial charge in [0, 0.05) is 17.5 Å². The molecule has 0 aromatic heterocycles. The van der Waals surface area contributed by atoms with Gasteiger partial charge in [-0.3, -0.25) is 0 Å². The molecule has 0 bridgehead atoms. The molecule has 0 aliphatic heterocycles. The van der Waals surface area contributed by atoms with E-state index < -0.39 is 30.6 Å². The summed E-state index contributed by atoms with van der Waals surface area (Å²) in [4.78, 5) is 0. The van der Waals surface area contributed by atoms with E-state index in [2.05, 4.69) is 0 Å². The summed E-state index contributed by atoms with van der Waals surface area (Å²) in [6.45, 7) is 0. The summed E-state index contributed by atoms with van der Waals surface area (Å²) >= 11 is 5.49. The second-order valence-electron chi connectivity index (χ2n) is 3.50. The normalized spacial score (nSPS) is 13.3. The van der Waals surface area contributed by atoms with Gasteiger partial charge in [0.05, 0.1) is 5.56 Å². The van der Waals surface area contributed by atoms with Crippen LogP contribution in [0.3, 0.4) is 0 Å². The first-order chi connectivity index (χ1) is 7.70. The van der Waals surface area contributed by atoms with Crippen molar-refractivity contribution in [3.63, 3.8) is 0 Å². The average molecular weight is 310 g/mol. The largest absolute Gasteiger partial charge is 0.416 e. The lowest BCUT2D eigenvalue weighted by Gasteiger charge is -2.14. The van der Waals surface area contributed by atoms with Gasteiger partial charge in [0.15, 0.2) is 0 Å². The lowest BCUT2D eigenvalue weighted by Crippen LogP contribution is -2.15. The van der Waals surface area contributed by atoms with Crippen molar-refractivity contribution in [1.29, 1.82) is 0 Å². The summed E-state index contributed by atoms with van der Waals surface area (Å²) in [5, 5.41) is -0.181. The molecule has 18 heavy (non-hydrogen) atoms. The molecule has 0 spiro atoms. The van der Waals surface area contributed by atoms with Crippen LogP contribution in [-0.2, 0) is 6.18 Å². The number of rotatable bonds is 3. The molecule has 8 heteroatoms. The second-order valence-corrected chi connectivity index (χ2v) is 3.94. The molecular weight excluding hydrogens is 300 g/mol. The van der Waals surface area contributed by atoms with Crippen molar-refractivity contribution in [2.75, 3.05) is 0 Å². The Labute approximate surface area is 112 Å². The summed E-state index contributed by atoms with van der Waals surface area (Å²) in [6.07, 6.45) is -7.97. The van der Waals surface area contributed by atoms with Crippen LogP contribution in [0.15, 0.2) is 18.2 Å². The minimum atomic E-state index is -4.58.